The van der Waals surface area contributed by atoms with Gasteiger partial charge in [-0.1, -0.05) is 0 Å². The van der Waals surface area contributed by atoms with E-state index in [0.717, 1.165) is 24.3 Å². The molecule has 17 heavy (non-hydrogen) atoms. The number of hydrogen-bond donors (Lipinski definition) is 1. The number of carbonyl (C=O) groups excluding carboxylic acids is 1. The second kappa shape index (κ2) is 5.29. The summed E-state index contributed by atoms with van der Waals surface area (Å²) in [6.45, 7) is 0. The molecule has 1 unspecified atom stereocenters. The minimum absolute atomic E-state index is 0.0632. The van der Waals surface area contributed by atoms with Crippen molar-refractivity contribution in [2.75, 3.05) is 18.6 Å². The lowest BCUT2D eigenvalue weighted by atomic mass is 10.0. The molecule has 1 saturated heterocycles. The predicted octanol–water partition coefficient (Wildman–Crippen LogP) is 1.45. The van der Waals surface area contributed by atoms with Crippen molar-refractivity contribution in [1.29, 1.82) is 0 Å². The molecule has 0 aromatic carbocycles. The Morgan fingerprint density at radius 1 is 1.24 bits per heavy atom. The fourth-order valence-corrected chi connectivity index (χ4v) is 3.99. The fourth-order valence-electron chi connectivity index (χ4n) is 2.73. The number of thioether (sulfide) groups is 1. The highest BCUT2D eigenvalue weighted by molar-refractivity contribution is 7.99. The molecule has 0 radical (unpaired) electrons. The first kappa shape index (κ1) is 12.7. The van der Waals surface area contributed by atoms with E-state index in [4.69, 9.17) is 5.11 Å². The molecule has 1 aliphatic heterocycles. The van der Waals surface area contributed by atoms with Gasteiger partial charge in [0.15, 0.2) is 0 Å². The summed E-state index contributed by atoms with van der Waals surface area (Å²) in [5.41, 5.74) is 0. The summed E-state index contributed by atoms with van der Waals surface area (Å²) in [7, 11) is 1.87. The first-order chi connectivity index (χ1) is 8.09. The average molecular weight is 257 g/mol. The Balaban J connectivity index is 1.89. The highest BCUT2D eigenvalue weighted by Crippen LogP contribution is 2.33. The average Bonchev–Trinajstić information content (AvgIpc) is 2.97. The molecule has 0 aromatic heterocycles. The molecule has 2 rings (SSSR count). The van der Waals surface area contributed by atoms with Crippen LogP contribution in [-0.4, -0.2) is 46.5 Å². The van der Waals surface area contributed by atoms with Crippen molar-refractivity contribution >= 4 is 23.6 Å². The largest absolute Gasteiger partial charge is 0.481 e. The molecule has 2 fully saturated rings. The third-order valence-corrected chi connectivity index (χ3v) is 5.08. The van der Waals surface area contributed by atoms with Gasteiger partial charge in [0.2, 0.25) is 5.91 Å². The van der Waals surface area contributed by atoms with Gasteiger partial charge in [-0.05, 0) is 31.4 Å². The van der Waals surface area contributed by atoms with E-state index in [9.17, 15) is 9.59 Å². The summed E-state index contributed by atoms with van der Waals surface area (Å²) in [5.74, 6) is 1.18. The van der Waals surface area contributed by atoms with Gasteiger partial charge in [0.1, 0.15) is 0 Å². The van der Waals surface area contributed by atoms with Gasteiger partial charge in [0.05, 0.1) is 5.92 Å². The van der Waals surface area contributed by atoms with Crippen LogP contribution in [0.3, 0.4) is 0 Å². The Hall–Kier alpha value is -0.710. The van der Waals surface area contributed by atoms with Crippen LogP contribution in [0, 0.1) is 11.8 Å². The number of carboxylic acid groups (broad SMARTS) is 1. The van der Waals surface area contributed by atoms with Gasteiger partial charge in [-0.3, -0.25) is 9.59 Å². The molecule has 96 valence electrons. The van der Waals surface area contributed by atoms with Gasteiger partial charge in [-0.2, -0.15) is 11.8 Å². The van der Waals surface area contributed by atoms with Crippen LogP contribution < -0.4 is 0 Å². The maximum absolute atomic E-state index is 12.2. The van der Waals surface area contributed by atoms with Gasteiger partial charge in [-0.15, -0.1) is 0 Å². The van der Waals surface area contributed by atoms with E-state index >= 15 is 0 Å². The Bertz CT molecular complexity index is 315. The van der Waals surface area contributed by atoms with E-state index in [1.54, 1.807) is 0 Å². The predicted molar refractivity (Wildman–Crippen MR) is 67.0 cm³/mol. The number of rotatable bonds is 3. The highest BCUT2D eigenvalue weighted by Gasteiger charge is 2.36. The van der Waals surface area contributed by atoms with Crippen molar-refractivity contribution in [3.63, 3.8) is 0 Å². The van der Waals surface area contributed by atoms with E-state index in [0.29, 0.717) is 18.9 Å². The van der Waals surface area contributed by atoms with Crippen molar-refractivity contribution in [2.24, 2.45) is 11.8 Å². The standard InChI is InChI=1S/C12H19NO3S/c1-13(10-4-5-17-7-10)11(14)8-2-3-9(6-8)12(15)16/h8-10H,2-7H2,1H3,(H,15,16)/t8-,9+,10?/m1/s1. The van der Waals surface area contributed by atoms with Crippen LogP contribution in [0.1, 0.15) is 25.7 Å². The zero-order chi connectivity index (χ0) is 12.4. The molecular weight excluding hydrogens is 238 g/mol. The van der Waals surface area contributed by atoms with Crippen molar-refractivity contribution < 1.29 is 14.7 Å². The minimum atomic E-state index is -0.751. The third-order valence-electron chi connectivity index (χ3n) is 3.93. The molecule has 1 N–H and O–H groups in total. The van der Waals surface area contributed by atoms with E-state index in [1.807, 2.05) is 23.7 Å². The molecule has 1 saturated carbocycles. The topological polar surface area (TPSA) is 57.6 Å². The van der Waals surface area contributed by atoms with Gasteiger partial charge >= 0.3 is 5.97 Å². The zero-order valence-corrected chi connectivity index (χ0v) is 10.9. The van der Waals surface area contributed by atoms with Crippen LogP contribution in [-0.2, 0) is 9.59 Å². The maximum Gasteiger partial charge on any atom is 0.306 e. The number of carboxylic acids is 1. The molecule has 4 nitrogen and oxygen atoms in total. The molecule has 2 aliphatic rings. The molecule has 1 heterocycles. The van der Waals surface area contributed by atoms with Crippen molar-refractivity contribution in [3.05, 3.63) is 0 Å². The van der Waals surface area contributed by atoms with E-state index in [1.165, 1.54) is 0 Å². The van der Waals surface area contributed by atoms with Crippen LogP contribution >= 0.6 is 11.8 Å². The molecule has 5 heteroatoms. The maximum atomic E-state index is 12.2. The lowest BCUT2D eigenvalue weighted by Gasteiger charge is -2.26. The second-order valence-electron chi connectivity index (χ2n) is 5.01. The monoisotopic (exact) mass is 257 g/mol. The van der Waals surface area contributed by atoms with E-state index < -0.39 is 5.97 Å². The van der Waals surface area contributed by atoms with Crippen LogP contribution in [0.2, 0.25) is 0 Å². The van der Waals surface area contributed by atoms with Crippen LogP contribution in [0.25, 0.3) is 0 Å². The normalized spacial score (nSPS) is 32.6. The highest BCUT2D eigenvalue weighted by atomic mass is 32.2. The first-order valence-corrected chi connectivity index (χ1v) is 7.32. The Morgan fingerprint density at radius 2 is 1.94 bits per heavy atom. The molecule has 1 aliphatic carbocycles. The van der Waals surface area contributed by atoms with Crippen molar-refractivity contribution in [2.45, 2.75) is 31.7 Å². The minimum Gasteiger partial charge on any atom is -0.481 e. The quantitative estimate of drug-likeness (QED) is 0.831. The van der Waals surface area contributed by atoms with Gasteiger partial charge in [0, 0.05) is 24.8 Å². The van der Waals surface area contributed by atoms with Gasteiger partial charge in [0.25, 0.3) is 0 Å². The SMILES string of the molecule is CN(C(=O)[C@@H]1CC[C@H](C(=O)O)C1)C1CCSC1. The van der Waals surface area contributed by atoms with E-state index in [-0.39, 0.29) is 17.7 Å². The molecule has 3 atom stereocenters. The van der Waals surface area contributed by atoms with Crippen LogP contribution in [0.5, 0.6) is 0 Å². The number of carbonyl (C=O) groups is 2. The second-order valence-corrected chi connectivity index (χ2v) is 6.16. The summed E-state index contributed by atoms with van der Waals surface area (Å²) < 4.78 is 0. The molecular formula is C12H19NO3S. The summed E-state index contributed by atoms with van der Waals surface area (Å²) in [4.78, 5) is 24.9. The number of nitrogens with zero attached hydrogens (tertiary/aromatic N) is 1. The fraction of sp³-hybridized carbons (Fsp3) is 0.833. The summed E-state index contributed by atoms with van der Waals surface area (Å²) >= 11 is 1.89. The lowest BCUT2D eigenvalue weighted by molar-refractivity contribution is -0.141. The molecule has 1 amide bonds. The van der Waals surface area contributed by atoms with Crippen LogP contribution in [0.15, 0.2) is 0 Å². The Kier molecular flexibility index (Phi) is 3.97. The van der Waals surface area contributed by atoms with Gasteiger partial charge in [-0.25, -0.2) is 0 Å². The van der Waals surface area contributed by atoms with Crippen LogP contribution in [0.4, 0.5) is 0 Å². The van der Waals surface area contributed by atoms with Crippen molar-refractivity contribution in [3.8, 4) is 0 Å². The third kappa shape index (κ3) is 2.76. The number of aliphatic carboxylic acids is 1. The number of amides is 1. The summed E-state index contributed by atoms with van der Waals surface area (Å²) in [5, 5.41) is 8.93. The van der Waals surface area contributed by atoms with Crippen molar-refractivity contribution in [1.82, 2.24) is 4.90 Å². The van der Waals surface area contributed by atoms with E-state index in [2.05, 4.69) is 0 Å². The zero-order valence-electron chi connectivity index (χ0n) is 10.1. The first-order valence-electron chi connectivity index (χ1n) is 6.17. The molecule has 0 bridgehead atoms. The smallest absolute Gasteiger partial charge is 0.306 e. The van der Waals surface area contributed by atoms with Gasteiger partial charge < -0.3 is 10.0 Å². The summed E-state index contributed by atoms with van der Waals surface area (Å²) in [6.07, 6.45) is 2.99. The molecule has 0 spiro atoms. The Morgan fingerprint density at radius 3 is 2.47 bits per heavy atom. The number of hydrogen-bond acceptors (Lipinski definition) is 3. The molecule has 0 aromatic rings. The summed E-state index contributed by atoms with van der Waals surface area (Å²) in [6, 6.07) is 0.358. The Labute approximate surface area is 106 Å². The lowest BCUT2D eigenvalue weighted by Crippen LogP contribution is -2.40.